The molecule has 132 valence electrons. The lowest BCUT2D eigenvalue weighted by Gasteiger charge is -2.23. The molecule has 2 heterocycles. The summed E-state index contributed by atoms with van der Waals surface area (Å²) in [5.41, 5.74) is 10.8. The van der Waals surface area contributed by atoms with Crippen molar-refractivity contribution >= 4 is 22.2 Å². The van der Waals surface area contributed by atoms with Crippen molar-refractivity contribution in [3.05, 3.63) is 65.6 Å². The zero-order valence-corrected chi connectivity index (χ0v) is 15.1. The topological polar surface area (TPSA) is 42.2 Å². The number of halogens is 1. The summed E-state index contributed by atoms with van der Waals surface area (Å²) in [6.07, 6.45) is 5.02. The molecule has 1 aliphatic rings. The Kier molecular flexibility index (Phi) is 4.21. The number of pyridine rings is 1. The summed E-state index contributed by atoms with van der Waals surface area (Å²) in [6, 6.07) is 11.3. The molecule has 0 fully saturated rings. The van der Waals surface area contributed by atoms with Crippen molar-refractivity contribution < 1.29 is 4.39 Å². The molecule has 4 rings (SSSR count). The van der Waals surface area contributed by atoms with Crippen molar-refractivity contribution in [3.63, 3.8) is 0 Å². The predicted octanol–water partition coefficient (Wildman–Crippen LogP) is 4.65. The third-order valence-electron chi connectivity index (χ3n) is 5.13. The number of fused-ring (bicyclic) bond motifs is 1. The molecule has 4 heteroatoms. The van der Waals surface area contributed by atoms with Gasteiger partial charge >= 0.3 is 0 Å². The van der Waals surface area contributed by atoms with Crippen molar-refractivity contribution in [1.82, 2.24) is 9.88 Å². The van der Waals surface area contributed by atoms with Gasteiger partial charge in [-0.2, -0.15) is 0 Å². The summed E-state index contributed by atoms with van der Waals surface area (Å²) in [7, 11) is 2.12. The van der Waals surface area contributed by atoms with E-state index in [9.17, 15) is 4.39 Å². The number of hydrogen-bond acceptors (Lipinski definition) is 3. The molecule has 0 saturated heterocycles. The number of aromatic nitrogens is 1. The van der Waals surface area contributed by atoms with E-state index in [-0.39, 0.29) is 5.82 Å². The first-order valence-corrected chi connectivity index (χ1v) is 8.85. The fraction of sp³-hybridized carbons (Fsp3) is 0.227. The molecule has 3 nitrogen and oxygen atoms in total. The molecule has 0 amide bonds. The number of anilines is 1. The van der Waals surface area contributed by atoms with E-state index in [1.807, 2.05) is 19.1 Å². The number of likely N-dealkylation sites (N-methyl/N-ethyl adjacent to an activating group) is 1. The molecule has 1 aliphatic heterocycles. The SMILES string of the molecule is Cc1cccc(F)c1-c1cc(C2=CCN(C)CC2)cc2cnc(N)cc12. The van der Waals surface area contributed by atoms with E-state index < -0.39 is 0 Å². The molecule has 2 aromatic carbocycles. The fourth-order valence-corrected chi connectivity index (χ4v) is 3.67. The lowest BCUT2D eigenvalue weighted by molar-refractivity contribution is 0.370. The summed E-state index contributed by atoms with van der Waals surface area (Å²) in [5.74, 6) is 0.232. The van der Waals surface area contributed by atoms with Crippen molar-refractivity contribution in [1.29, 1.82) is 0 Å². The van der Waals surface area contributed by atoms with Gasteiger partial charge in [-0.25, -0.2) is 9.37 Å². The smallest absolute Gasteiger partial charge is 0.131 e. The van der Waals surface area contributed by atoms with Crippen molar-refractivity contribution in [2.45, 2.75) is 13.3 Å². The lowest BCUT2D eigenvalue weighted by atomic mass is 9.90. The Morgan fingerprint density at radius 2 is 2.04 bits per heavy atom. The Hall–Kier alpha value is -2.72. The first-order chi connectivity index (χ1) is 12.5. The van der Waals surface area contributed by atoms with Gasteiger partial charge in [-0.05, 0) is 72.3 Å². The molecule has 26 heavy (non-hydrogen) atoms. The van der Waals surface area contributed by atoms with Gasteiger partial charge in [0.1, 0.15) is 11.6 Å². The van der Waals surface area contributed by atoms with Crippen LogP contribution in [-0.2, 0) is 0 Å². The number of nitrogens with zero attached hydrogens (tertiary/aromatic N) is 2. The van der Waals surface area contributed by atoms with Crippen LogP contribution in [0.4, 0.5) is 10.2 Å². The second-order valence-electron chi connectivity index (χ2n) is 7.03. The van der Waals surface area contributed by atoms with Crippen LogP contribution >= 0.6 is 0 Å². The van der Waals surface area contributed by atoms with Gasteiger partial charge in [0.25, 0.3) is 0 Å². The molecule has 0 aliphatic carbocycles. The molecule has 3 aromatic rings. The summed E-state index contributed by atoms with van der Waals surface area (Å²) >= 11 is 0. The minimum atomic E-state index is -0.212. The molecule has 0 unspecified atom stereocenters. The zero-order chi connectivity index (χ0) is 18.3. The van der Waals surface area contributed by atoms with Gasteiger partial charge in [0, 0.05) is 30.2 Å². The van der Waals surface area contributed by atoms with Gasteiger partial charge in [-0.1, -0.05) is 18.2 Å². The predicted molar refractivity (Wildman–Crippen MR) is 106 cm³/mol. The molecule has 0 bridgehead atoms. The van der Waals surface area contributed by atoms with E-state index in [4.69, 9.17) is 5.73 Å². The Labute approximate surface area is 153 Å². The molecular weight excluding hydrogens is 325 g/mol. The summed E-state index contributed by atoms with van der Waals surface area (Å²) in [6.45, 7) is 3.90. The Morgan fingerprint density at radius 1 is 1.19 bits per heavy atom. The normalized spacial score (nSPS) is 15.3. The van der Waals surface area contributed by atoms with Crippen molar-refractivity contribution in [2.24, 2.45) is 0 Å². The molecular formula is C22H22FN3. The molecule has 1 aromatic heterocycles. The largest absolute Gasteiger partial charge is 0.384 e. The van der Waals surface area contributed by atoms with Crippen LogP contribution in [0.1, 0.15) is 17.5 Å². The number of nitrogen functional groups attached to an aromatic ring is 1. The maximum Gasteiger partial charge on any atom is 0.131 e. The van der Waals surface area contributed by atoms with Crippen molar-refractivity contribution in [2.75, 3.05) is 25.9 Å². The zero-order valence-electron chi connectivity index (χ0n) is 15.1. The Bertz CT molecular complexity index is 1000. The number of rotatable bonds is 2. The average Bonchev–Trinajstić information content (AvgIpc) is 2.62. The van der Waals surface area contributed by atoms with E-state index in [1.54, 1.807) is 12.3 Å². The van der Waals surface area contributed by atoms with Crippen LogP contribution in [0.25, 0.3) is 27.5 Å². The second-order valence-corrected chi connectivity index (χ2v) is 7.03. The lowest BCUT2D eigenvalue weighted by Crippen LogP contribution is -2.23. The van der Waals surface area contributed by atoms with E-state index in [0.29, 0.717) is 11.4 Å². The van der Waals surface area contributed by atoms with Crippen LogP contribution in [0, 0.1) is 12.7 Å². The third-order valence-corrected chi connectivity index (χ3v) is 5.13. The standard InChI is InChI=1S/C22H22FN3/c1-14-4-3-5-20(23)22(14)19-11-16(15-6-8-26(2)9-7-15)10-17-13-25-21(24)12-18(17)19/h3-6,10-13H,7-9H2,1-2H3,(H2,24,25). The molecule has 0 saturated carbocycles. The highest BCUT2D eigenvalue weighted by atomic mass is 19.1. The van der Waals surface area contributed by atoms with E-state index in [1.165, 1.54) is 11.6 Å². The molecule has 0 radical (unpaired) electrons. The highest BCUT2D eigenvalue weighted by molar-refractivity contribution is 6.00. The molecule has 0 atom stereocenters. The molecule has 2 N–H and O–H groups in total. The first kappa shape index (κ1) is 16.7. The minimum Gasteiger partial charge on any atom is -0.384 e. The average molecular weight is 347 g/mol. The summed E-state index contributed by atoms with van der Waals surface area (Å²) in [5, 5.41) is 1.91. The van der Waals surface area contributed by atoms with Crippen molar-refractivity contribution in [3.8, 4) is 11.1 Å². The first-order valence-electron chi connectivity index (χ1n) is 8.85. The fourth-order valence-electron chi connectivity index (χ4n) is 3.67. The van der Waals surface area contributed by atoms with Crippen LogP contribution in [-0.4, -0.2) is 30.0 Å². The van der Waals surface area contributed by atoms with Gasteiger partial charge in [-0.15, -0.1) is 0 Å². The van der Waals surface area contributed by atoms with Crippen LogP contribution in [0.2, 0.25) is 0 Å². The second kappa shape index (κ2) is 6.54. The van der Waals surface area contributed by atoms with Gasteiger partial charge in [0.2, 0.25) is 0 Å². The minimum absolute atomic E-state index is 0.212. The van der Waals surface area contributed by atoms with E-state index >= 15 is 0 Å². The van der Waals surface area contributed by atoms with Crippen LogP contribution in [0.15, 0.2) is 48.7 Å². The molecule has 0 spiro atoms. The van der Waals surface area contributed by atoms with Crippen LogP contribution in [0.3, 0.4) is 0 Å². The van der Waals surface area contributed by atoms with E-state index in [2.05, 4.69) is 35.1 Å². The summed E-state index contributed by atoms with van der Waals surface area (Å²) in [4.78, 5) is 6.53. The Balaban J connectivity index is 1.99. The number of nitrogens with two attached hydrogens (primary N) is 1. The third kappa shape index (κ3) is 2.97. The van der Waals surface area contributed by atoms with Gasteiger partial charge < -0.3 is 10.6 Å². The number of benzene rings is 2. The van der Waals surface area contributed by atoms with Crippen LogP contribution < -0.4 is 5.73 Å². The van der Waals surface area contributed by atoms with Gasteiger partial charge in [0.15, 0.2) is 0 Å². The highest BCUT2D eigenvalue weighted by Crippen LogP contribution is 2.37. The number of hydrogen-bond donors (Lipinski definition) is 1. The van der Waals surface area contributed by atoms with E-state index in [0.717, 1.165) is 47.0 Å². The maximum absolute atomic E-state index is 14.7. The van der Waals surface area contributed by atoms with Gasteiger partial charge in [-0.3, -0.25) is 0 Å². The Morgan fingerprint density at radius 3 is 2.77 bits per heavy atom. The summed E-state index contributed by atoms with van der Waals surface area (Å²) < 4.78 is 14.7. The monoisotopic (exact) mass is 347 g/mol. The van der Waals surface area contributed by atoms with Crippen LogP contribution in [0.5, 0.6) is 0 Å². The number of aryl methyl sites for hydroxylation is 1. The highest BCUT2D eigenvalue weighted by Gasteiger charge is 2.16. The van der Waals surface area contributed by atoms with Gasteiger partial charge in [0.05, 0.1) is 0 Å². The maximum atomic E-state index is 14.7. The quantitative estimate of drug-likeness (QED) is 0.734.